The van der Waals surface area contributed by atoms with Gasteiger partial charge >= 0.3 is 0 Å². The van der Waals surface area contributed by atoms with Crippen molar-refractivity contribution in [2.75, 3.05) is 32.7 Å². The van der Waals surface area contributed by atoms with Crippen LogP contribution in [0.25, 0.3) is 0 Å². The van der Waals surface area contributed by atoms with Gasteiger partial charge in [0.15, 0.2) is 0 Å². The molecule has 1 heterocycles. The average Bonchev–Trinajstić information content (AvgIpc) is 3.82. The zero-order valence-corrected chi connectivity index (χ0v) is 44.6. The van der Waals surface area contributed by atoms with Crippen molar-refractivity contribution in [2.24, 2.45) is 40.5 Å². The Morgan fingerprint density at radius 2 is 1.17 bits per heavy atom. The molecule has 2 aliphatic rings. The smallest absolute Gasteiger partial charge is 0.245 e. The van der Waals surface area contributed by atoms with Crippen LogP contribution in [-0.2, 0) is 54.4 Å². The van der Waals surface area contributed by atoms with Crippen molar-refractivity contribution in [1.29, 1.82) is 0 Å². The van der Waals surface area contributed by atoms with Gasteiger partial charge in [0, 0.05) is 24.9 Å². The predicted molar refractivity (Wildman–Crippen MR) is 283 cm³/mol. The number of rotatable bonds is 21. The van der Waals surface area contributed by atoms with E-state index in [-0.39, 0.29) is 83.1 Å². The van der Waals surface area contributed by atoms with E-state index in [1.165, 1.54) is 13.8 Å². The molecule has 0 radical (unpaired) electrons. The first-order chi connectivity index (χ1) is 36.5. The van der Waals surface area contributed by atoms with Gasteiger partial charge in [0.2, 0.25) is 59.1 Å². The van der Waals surface area contributed by atoms with E-state index >= 15 is 0 Å². The molecule has 1 aromatic carbocycles. The molecule has 22 N–H and O–H groups in total. The van der Waals surface area contributed by atoms with Gasteiger partial charge in [-0.05, 0) is 116 Å². The van der Waals surface area contributed by atoms with Crippen LogP contribution in [0.4, 0.5) is 0 Å². The van der Waals surface area contributed by atoms with Crippen LogP contribution in [0.3, 0.4) is 0 Å². The summed E-state index contributed by atoms with van der Waals surface area (Å²) in [6.07, 6.45) is -2.29. The number of nitrogens with one attached hydrogen (secondary N) is 10. The van der Waals surface area contributed by atoms with E-state index in [1.54, 1.807) is 44.2 Å². The van der Waals surface area contributed by atoms with E-state index in [4.69, 9.17) is 28.7 Å². The fourth-order valence-corrected chi connectivity index (χ4v) is 8.86. The summed E-state index contributed by atoms with van der Waals surface area (Å²) in [6.45, 7) is 5.31. The van der Waals surface area contributed by atoms with Crippen LogP contribution in [0.2, 0.25) is 0 Å². The van der Waals surface area contributed by atoms with Crippen molar-refractivity contribution in [2.45, 2.75) is 171 Å². The lowest BCUT2D eigenvalue weighted by atomic mass is 10.00. The van der Waals surface area contributed by atoms with E-state index in [0.717, 1.165) is 0 Å². The molecule has 0 spiro atoms. The number of carbonyl (C=O) groups excluding carboxylic acids is 10. The van der Waals surface area contributed by atoms with Gasteiger partial charge in [0.1, 0.15) is 54.4 Å². The number of nitrogens with two attached hydrogens (primary N) is 5. The molecule has 27 nitrogen and oxygen atoms in total. The maximum atomic E-state index is 14.4. The maximum absolute atomic E-state index is 14.4. The van der Waals surface area contributed by atoms with Crippen LogP contribution in [0, 0.1) is 11.8 Å². The number of amides is 10. The molecule has 1 aromatic rings. The van der Waals surface area contributed by atoms with Crippen molar-refractivity contribution >= 4 is 59.1 Å². The first-order valence-electron chi connectivity index (χ1n) is 26.5. The summed E-state index contributed by atoms with van der Waals surface area (Å²) in [5.74, 6) is -9.30. The van der Waals surface area contributed by atoms with Gasteiger partial charge < -0.3 is 92.0 Å². The Hall–Kier alpha value is -6.36. The monoisotopic (exact) mass is 1090 g/mol. The molecular formula is C50H85N15O12. The normalized spacial score (nSPS) is 26.2. The van der Waals surface area contributed by atoms with Gasteiger partial charge in [-0.2, -0.15) is 0 Å². The van der Waals surface area contributed by atoms with Crippen molar-refractivity contribution in [3.8, 4) is 0 Å². The molecule has 1 saturated heterocycles. The zero-order chi connectivity index (χ0) is 57.4. The van der Waals surface area contributed by atoms with Crippen molar-refractivity contribution in [1.82, 2.24) is 53.2 Å². The highest BCUT2D eigenvalue weighted by molar-refractivity contribution is 5.99. The molecular weight excluding hydrogens is 1000 g/mol. The molecule has 432 valence electrons. The average molecular weight is 1090 g/mol. The van der Waals surface area contributed by atoms with E-state index in [0.29, 0.717) is 24.8 Å². The number of aliphatic hydroxyl groups excluding tert-OH is 2. The molecule has 10 amide bonds. The van der Waals surface area contributed by atoms with Crippen molar-refractivity contribution < 1.29 is 58.2 Å². The van der Waals surface area contributed by atoms with Crippen molar-refractivity contribution in [3.63, 3.8) is 0 Å². The number of hydrogen-bond acceptors (Lipinski definition) is 17. The lowest BCUT2D eigenvalue weighted by molar-refractivity contribution is -0.137. The standard InChI is InChI=1S/C50H85N15O12/c1-26(2)23-37-47(74)57-32(11-8-18-51)42(69)59-35(16-21-54)46(73)65-39(27(3)66)49(76)56-22-17-36(45(72)58-33(14-19-52)44(71)63-38(48(75)62-37)24-29-9-6-5-7-10-29)60-43(70)34(15-20-53)61-50(77)40(28(4)67)64-41(68)30-12-13-31(55)25-30/h5-7,9-10,26-28,30-40,66-67H,8,11-25,51-55H2,1-4H3,(H,56,76)(H,57,74)(H,58,72)(H,59,69)(H,60,70)(H,61,77)(H,62,75)(H,63,71)(H,64,68)(H,65,73)/t27?,28?,30-,31+,32-,33-,34-,35-,36-,37-,38+,39-,40-/m0/s1. The summed E-state index contributed by atoms with van der Waals surface area (Å²) in [6, 6.07) is -4.66. The fraction of sp³-hybridized carbons (Fsp3) is 0.680. The Labute approximate surface area is 449 Å². The minimum Gasteiger partial charge on any atom is -0.391 e. The fourth-order valence-electron chi connectivity index (χ4n) is 8.86. The Kier molecular flexibility index (Phi) is 27.9. The van der Waals surface area contributed by atoms with Crippen LogP contribution in [0.5, 0.6) is 0 Å². The summed E-state index contributed by atoms with van der Waals surface area (Å²) in [4.78, 5) is 140. The first-order valence-corrected chi connectivity index (χ1v) is 26.5. The summed E-state index contributed by atoms with van der Waals surface area (Å²) < 4.78 is 0. The molecule has 0 bridgehead atoms. The molecule has 0 aromatic heterocycles. The summed E-state index contributed by atoms with van der Waals surface area (Å²) >= 11 is 0. The highest BCUT2D eigenvalue weighted by atomic mass is 16.3. The molecule has 27 heteroatoms. The largest absolute Gasteiger partial charge is 0.391 e. The third-order valence-electron chi connectivity index (χ3n) is 13.2. The van der Waals surface area contributed by atoms with E-state index < -0.39 is 145 Å². The second-order valence-corrected chi connectivity index (χ2v) is 20.2. The Morgan fingerprint density at radius 1 is 0.623 bits per heavy atom. The summed E-state index contributed by atoms with van der Waals surface area (Å²) in [5, 5.41) is 47.1. The molecule has 2 unspecified atom stereocenters. The molecule has 1 saturated carbocycles. The number of aliphatic hydroxyl groups is 2. The predicted octanol–water partition coefficient (Wildman–Crippen LogP) is -6.17. The second kappa shape index (κ2) is 33.0. The van der Waals surface area contributed by atoms with Crippen molar-refractivity contribution in [3.05, 3.63) is 35.9 Å². The number of hydrogen-bond donors (Lipinski definition) is 17. The highest BCUT2D eigenvalue weighted by Gasteiger charge is 2.38. The minimum absolute atomic E-state index is 0.0104. The molecule has 1 aliphatic carbocycles. The van der Waals surface area contributed by atoms with Gasteiger partial charge in [0.05, 0.1) is 12.2 Å². The first kappa shape index (κ1) is 64.9. The number of benzene rings is 1. The lowest BCUT2D eigenvalue weighted by Gasteiger charge is -2.28. The van der Waals surface area contributed by atoms with E-state index in [2.05, 4.69) is 53.2 Å². The second-order valence-electron chi connectivity index (χ2n) is 20.2. The Balaban J connectivity index is 2.11. The van der Waals surface area contributed by atoms with Gasteiger partial charge in [0.25, 0.3) is 0 Å². The lowest BCUT2D eigenvalue weighted by Crippen LogP contribution is -2.61. The van der Waals surface area contributed by atoms with Gasteiger partial charge in [-0.15, -0.1) is 0 Å². The van der Waals surface area contributed by atoms with Gasteiger partial charge in [-0.3, -0.25) is 47.9 Å². The highest BCUT2D eigenvalue weighted by Crippen LogP contribution is 2.24. The molecule has 2 fully saturated rings. The molecule has 77 heavy (non-hydrogen) atoms. The minimum atomic E-state index is -1.66. The zero-order valence-electron chi connectivity index (χ0n) is 44.6. The van der Waals surface area contributed by atoms with Gasteiger partial charge in [-0.1, -0.05) is 44.2 Å². The number of carbonyl (C=O) groups is 10. The van der Waals surface area contributed by atoms with E-state index in [9.17, 15) is 58.2 Å². The van der Waals surface area contributed by atoms with Crippen LogP contribution in [0.1, 0.15) is 97.5 Å². The third-order valence-corrected chi connectivity index (χ3v) is 13.2. The molecule has 3 rings (SSSR count). The van der Waals surface area contributed by atoms with Crippen LogP contribution in [-0.4, -0.2) is 175 Å². The van der Waals surface area contributed by atoms with Crippen LogP contribution >= 0.6 is 0 Å². The molecule has 13 atom stereocenters. The third kappa shape index (κ3) is 21.5. The SMILES string of the molecule is CC(C)C[C@@H]1NC(=O)[C@@H](Cc2ccccc2)NC(=O)[C@H](CCN)NC(=O)[C@@H](NC(=O)[C@H](CCN)NC(=O)[C@@H](NC(=O)[C@H]2CC[C@@H](N)C2)C(C)O)CCNC(=O)[C@H](C(C)O)NC(=O)[C@H](CCN)NC(=O)[C@H](CCCN)NC1=O. The Bertz CT molecular complexity index is 2140. The maximum Gasteiger partial charge on any atom is 0.245 e. The Morgan fingerprint density at radius 3 is 1.70 bits per heavy atom. The van der Waals surface area contributed by atoms with E-state index in [1.807, 2.05) is 0 Å². The van der Waals surface area contributed by atoms with Crippen LogP contribution < -0.4 is 81.8 Å². The molecule has 1 aliphatic heterocycles. The summed E-state index contributed by atoms with van der Waals surface area (Å²) in [7, 11) is 0. The quantitative estimate of drug-likeness (QED) is 0.0545. The van der Waals surface area contributed by atoms with Gasteiger partial charge in [-0.25, -0.2) is 0 Å². The van der Waals surface area contributed by atoms with Crippen LogP contribution in [0.15, 0.2) is 30.3 Å². The topological polar surface area (TPSA) is 462 Å². The summed E-state index contributed by atoms with van der Waals surface area (Å²) in [5.41, 5.74) is 30.0.